The van der Waals surface area contributed by atoms with Gasteiger partial charge < -0.3 is 14.5 Å². The van der Waals surface area contributed by atoms with Crippen LogP contribution >= 0.6 is 23.1 Å². The van der Waals surface area contributed by atoms with Crippen LogP contribution in [0.25, 0.3) is 10.2 Å². The van der Waals surface area contributed by atoms with Gasteiger partial charge in [0, 0.05) is 26.2 Å². The molecule has 2 fully saturated rings. The average Bonchev–Trinajstić information content (AvgIpc) is 3.23. The molecule has 1 amide bonds. The highest BCUT2D eigenvalue weighted by Crippen LogP contribution is 2.35. The summed E-state index contributed by atoms with van der Waals surface area (Å²) >= 11 is 2.98. The molecule has 2 aromatic rings. The SMILES string of the molecule is CCOC(=O)C1CCN(C(=O)c2cc3c(N4CCCCC4)nc(SC)nc3s2)CC1. The fourth-order valence-corrected chi connectivity index (χ4v) is 5.58. The summed E-state index contributed by atoms with van der Waals surface area (Å²) in [5, 5.41) is 1.73. The van der Waals surface area contributed by atoms with Crippen molar-refractivity contribution in [3.63, 3.8) is 0 Å². The Bertz CT molecular complexity index is 918. The van der Waals surface area contributed by atoms with Crippen molar-refractivity contribution >= 4 is 51.0 Å². The topological polar surface area (TPSA) is 75.6 Å². The Kier molecular flexibility index (Phi) is 6.77. The van der Waals surface area contributed by atoms with Crippen molar-refractivity contribution in [2.45, 2.75) is 44.2 Å². The highest BCUT2D eigenvalue weighted by atomic mass is 32.2. The fourth-order valence-electron chi connectivity index (χ4n) is 4.17. The molecular weight excluding hydrogens is 420 g/mol. The number of esters is 1. The molecule has 0 aromatic carbocycles. The Morgan fingerprint density at radius 2 is 1.90 bits per heavy atom. The van der Waals surface area contributed by atoms with Crippen LogP contribution in [0.4, 0.5) is 5.82 Å². The molecule has 0 N–H and O–H groups in total. The van der Waals surface area contributed by atoms with E-state index >= 15 is 0 Å². The van der Waals surface area contributed by atoms with E-state index in [0.717, 1.165) is 34.3 Å². The third-order valence-electron chi connectivity index (χ3n) is 5.80. The number of hydrogen-bond donors (Lipinski definition) is 0. The van der Waals surface area contributed by atoms with Gasteiger partial charge in [0.25, 0.3) is 5.91 Å². The highest BCUT2D eigenvalue weighted by Gasteiger charge is 2.30. The molecule has 2 aliphatic rings. The number of fused-ring (bicyclic) bond motifs is 1. The van der Waals surface area contributed by atoms with Crippen LogP contribution in [-0.4, -0.2) is 65.8 Å². The number of nitrogens with zero attached hydrogens (tertiary/aromatic N) is 4. The van der Waals surface area contributed by atoms with Gasteiger partial charge in [-0.15, -0.1) is 11.3 Å². The molecule has 0 unspecified atom stereocenters. The summed E-state index contributed by atoms with van der Waals surface area (Å²) < 4.78 is 5.13. The molecule has 4 heterocycles. The zero-order chi connectivity index (χ0) is 21.1. The summed E-state index contributed by atoms with van der Waals surface area (Å²) in [6.07, 6.45) is 6.90. The number of carbonyl (C=O) groups is 2. The molecule has 0 atom stereocenters. The van der Waals surface area contributed by atoms with Gasteiger partial charge in [-0.1, -0.05) is 11.8 Å². The van der Waals surface area contributed by atoms with Crippen LogP contribution in [-0.2, 0) is 9.53 Å². The summed E-state index contributed by atoms with van der Waals surface area (Å²) in [4.78, 5) is 40.3. The van der Waals surface area contributed by atoms with Crippen molar-refractivity contribution in [1.82, 2.24) is 14.9 Å². The normalized spacial score (nSPS) is 18.1. The maximum absolute atomic E-state index is 13.2. The molecule has 162 valence electrons. The number of rotatable bonds is 5. The van der Waals surface area contributed by atoms with Crippen molar-refractivity contribution in [2.75, 3.05) is 43.9 Å². The second-order valence-electron chi connectivity index (χ2n) is 7.73. The molecule has 0 spiro atoms. The zero-order valence-electron chi connectivity index (χ0n) is 17.6. The van der Waals surface area contributed by atoms with Crippen molar-refractivity contribution in [1.29, 1.82) is 0 Å². The van der Waals surface area contributed by atoms with Crippen LogP contribution in [0.1, 0.15) is 48.7 Å². The van der Waals surface area contributed by atoms with E-state index in [0.29, 0.717) is 37.4 Å². The lowest BCUT2D eigenvalue weighted by Gasteiger charge is -2.30. The number of thioether (sulfide) groups is 1. The lowest BCUT2D eigenvalue weighted by atomic mass is 9.97. The number of anilines is 1. The van der Waals surface area contributed by atoms with Crippen LogP contribution < -0.4 is 4.90 Å². The quantitative estimate of drug-likeness (QED) is 0.391. The van der Waals surface area contributed by atoms with Gasteiger partial charge in [0.2, 0.25) is 0 Å². The molecule has 0 aliphatic carbocycles. The van der Waals surface area contributed by atoms with E-state index in [-0.39, 0.29) is 17.8 Å². The fraction of sp³-hybridized carbons (Fsp3) is 0.619. The smallest absolute Gasteiger partial charge is 0.309 e. The number of hydrogen-bond acceptors (Lipinski definition) is 8. The lowest BCUT2D eigenvalue weighted by Crippen LogP contribution is -2.40. The predicted octanol–water partition coefficient (Wildman–Crippen LogP) is 3.82. The molecule has 0 bridgehead atoms. The van der Waals surface area contributed by atoms with Crippen molar-refractivity contribution in [2.24, 2.45) is 5.92 Å². The summed E-state index contributed by atoms with van der Waals surface area (Å²) in [6, 6.07) is 1.97. The molecule has 4 rings (SSSR count). The van der Waals surface area contributed by atoms with E-state index in [1.807, 2.05) is 24.1 Å². The molecule has 30 heavy (non-hydrogen) atoms. The van der Waals surface area contributed by atoms with E-state index in [4.69, 9.17) is 9.72 Å². The van der Waals surface area contributed by atoms with Crippen molar-refractivity contribution < 1.29 is 14.3 Å². The number of ether oxygens (including phenoxy) is 1. The second-order valence-corrected chi connectivity index (χ2v) is 9.53. The Labute approximate surface area is 185 Å². The monoisotopic (exact) mass is 448 g/mol. The van der Waals surface area contributed by atoms with Gasteiger partial charge in [-0.2, -0.15) is 0 Å². The molecule has 2 saturated heterocycles. The first-order valence-corrected chi connectivity index (χ1v) is 12.7. The number of amides is 1. The number of piperidine rings is 2. The first kappa shape index (κ1) is 21.4. The van der Waals surface area contributed by atoms with Crippen LogP contribution in [0.15, 0.2) is 11.2 Å². The molecule has 0 radical (unpaired) electrons. The third-order valence-corrected chi connectivity index (χ3v) is 7.37. The number of likely N-dealkylation sites (tertiary alicyclic amines) is 1. The van der Waals surface area contributed by atoms with Gasteiger partial charge in [0.1, 0.15) is 10.6 Å². The van der Waals surface area contributed by atoms with Crippen LogP contribution in [0, 0.1) is 5.92 Å². The first-order valence-electron chi connectivity index (χ1n) is 10.7. The van der Waals surface area contributed by atoms with Crippen LogP contribution in [0.3, 0.4) is 0 Å². The van der Waals surface area contributed by atoms with Gasteiger partial charge in [0.15, 0.2) is 5.16 Å². The second kappa shape index (κ2) is 9.51. The standard InChI is InChI=1S/C21H28N4O3S2/c1-3-28-20(27)14-7-11-25(12-8-14)19(26)16-13-15-17(24-9-5-4-6-10-24)22-21(29-2)23-18(15)30-16/h13-14H,3-12H2,1-2H3. The Morgan fingerprint density at radius 3 is 2.57 bits per heavy atom. The maximum Gasteiger partial charge on any atom is 0.309 e. The maximum atomic E-state index is 13.2. The summed E-state index contributed by atoms with van der Waals surface area (Å²) in [6.45, 7) is 5.38. The van der Waals surface area contributed by atoms with E-state index in [2.05, 4.69) is 9.88 Å². The summed E-state index contributed by atoms with van der Waals surface area (Å²) in [5.41, 5.74) is 0. The Hall–Kier alpha value is -1.87. The molecule has 0 saturated carbocycles. The minimum atomic E-state index is -0.141. The largest absolute Gasteiger partial charge is 0.466 e. The van der Waals surface area contributed by atoms with Gasteiger partial charge in [-0.3, -0.25) is 9.59 Å². The zero-order valence-corrected chi connectivity index (χ0v) is 19.2. The summed E-state index contributed by atoms with van der Waals surface area (Å²) in [5.74, 6) is 0.741. The molecule has 7 nitrogen and oxygen atoms in total. The van der Waals surface area contributed by atoms with E-state index < -0.39 is 0 Å². The molecule has 9 heteroatoms. The minimum Gasteiger partial charge on any atom is -0.466 e. The lowest BCUT2D eigenvalue weighted by molar-refractivity contribution is -0.149. The van der Waals surface area contributed by atoms with E-state index in [1.54, 1.807) is 0 Å². The van der Waals surface area contributed by atoms with Gasteiger partial charge in [-0.05, 0) is 51.3 Å². The van der Waals surface area contributed by atoms with Crippen LogP contribution in [0.2, 0.25) is 0 Å². The van der Waals surface area contributed by atoms with Crippen molar-refractivity contribution in [3.8, 4) is 0 Å². The van der Waals surface area contributed by atoms with Gasteiger partial charge >= 0.3 is 5.97 Å². The first-order chi connectivity index (χ1) is 14.6. The molecular formula is C21H28N4O3S2. The van der Waals surface area contributed by atoms with Gasteiger partial charge in [0.05, 0.1) is 22.8 Å². The van der Waals surface area contributed by atoms with Crippen LogP contribution in [0.5, 0.6) is 0 Å². The number of thiophene rings is 1. The third kappa shape index (κ3) is 4.42. The van der Waals surface area contributed by atoms with Gasteiger partial charge in [-0.25, -0.2) is 9.97 Å². The number of carbonyl (C=O) groups excluding carboxylic acids is 2. The minimum absolute atomic E-state index is 0.0237. The average molecular weight is 449 g/mol. The molecule has 2 aromatic heterocycles. The van der Waals surface area contributed by atoms with E-state index in [9.17, 15) is 9.59 Å². The molecule has 2 aliphatic heterocycles. The van der Waals surface area contributed by atoms with E-state index in [1.165, 1.54) is 42.4 Å². The Morgan fingerprint density at radius 1 is 1.17 bits per heavy atom. The summed E-state index contributed by atoms with van der Waals surface area (Å²) in [7, 11) is 0. The number of aromatic nitrogens is 2. The Balaban J connectivity index is 1.54. The van der Waals surface area contributed by atoms with Crippen molar-refractivity contribution in [3.05, 3.63) is 10.9 Å². The predicted molar refractivity (Wildman–Crippen MR) is 121 cm³/mol. The highest BCUT2D eigenvalue weighted by molar-refractivity contribution is 7.98.